The lowest BCUT2D eigenvalue weighted by Crippen LogP contribution is -2.21. The Hall–Kier alpha value is -2.46. The van der Waals surface area contributed by atoms with Crippen molar-refractivity contribution in [2.24, 2.45) is 0 Å². The van der Waals surface area contributed by atoms with Gasteiger partial charge in [-0.15, -0.1) is 0 Å². The van der Waals surface area contributed by atoms with Gasteiger partial charge in [0.25, 0.3) is 0 Å². The lowest BCUT2D eigenvalue weighted by Gasteiger charge is -2.20. The van der Waals surface area contributed by atoms with Crippen LogP contribution in [0.5, 0.6) is 5.75 Å². The summed E-state index contributed by atoms with van der Waals surface area (Å²) in [6.07, 6.45) is 1.66. The predicted octanol–water partition coefficient (Wildman–Crippen LogP) is 5.07. The summed E-state index contributed by atoms with van der Waals surface area (Å²) in [7, 11) is 0. The van der Waals surface area contributed by atoms with Gasteiger partial charge in [0.1, 0.15) is 5.52 Å². The Labute approximate surface area is 144 Å². The van der Waals surface area contributed by atoms with Gasteiger partial charge in [-0.25, -0.2) is 0 Å². The SMILES string of the molecule is CCN(CC)c1ccc2c(c1)[nH]c1c3cccnc3c(O)c(Cl)c21. The van der Waals surface area contributed by atoms with E-state index in [1.54, 1.807) is 6.20 Å². The number of halogens is 1. The molecule has 0 aliphatic rings. The number of hydrogen-bond acceptors (Lipinski definition) is 3. The van der Waals surface area contributed by atoms with Crippen molar-refractivity contribution < 1.29 is 5.11 Å². The van der Waals surface area contributed by atoms with Crippen LogP contribution in [0.1, 0.15) is 13.8 Å². The summed E-state index contributed by atoms with van der Waals surface area (Å²) >= 11 is 6.46. The number of aromatic hydroxyl groups is 1. The minimum absolute atomic E-state index is 0.0356. The third kappa shape index (κ3) is 2.03. The van der Waals surface area contributed by atoms with E-state index in [9.17, 15) is 5.11 Å². The summed E-state index contributed by atoms with van der Waals surface area (Å²) in [6.45, 7) is 6.20. The van der Waals surface area contributed by atoms with Crippen LogP contribution in [0.2, 0.25) is 5.02 Å². The predicted molar refractivity (Wildman–Crippen MR) is 101 cm³/mol. The van der Waals surface area contributed by atoms with Crippen LogP contribution < -0.4 is 4.90 Å². The molecule has 24 heavy (non-hydrogen) atoms. The molecule has 4 nitrogen and oxygen atoms in total. The van der Waals surface area contributed by atoms with E-state index in [4.69, 9.17) is 11.6 Å². The van der Waals surface area contributed by atoms with Crippen molar-refractivity contribution in [1.29, 1.82) is 0 Å². The van der Waals surface area contributed by atoms with Gasteiger partial charge in [0.05, 0.1) is 10.5 Å². The molecule has 0 aliphatic carbocycles. The first-order valence-electron chi connectivity index (χ1n) is 8.11. The maximum atomic E-state index is 10.4. The van der Waals surface area contributed by atoms with Gasteiger partial charge in [-0.3, -0.25) is 4.98 Å². The summed E-state index contributed by atoms with van der Waals surface area (Å²) in [5, 5.41) is 13.5. The highest BCUT2D eigenvalue weighted by atomic mass is 35.5. The van der Waals surface area contributed by atoms with Gasteiger partial charge in [-0.2, -0.15) is 0 Å². The second-order valence-electron chi connectivity index (χ2n) is 5.84. The summed E-state index contributed by atoms with van der Waals surface area (Å²) in [6, 6.07) is 10.1. The van der Waals surface area contributed by atoms with Crippen LogP contribution in [-0.4, -0.2) is 28.2 Å². The zero-order valence-corrected chi connectivity index (χ0v) is 14.4. The average Bonchev–Trinajstić information content (AvgIpc) is 3.00. The van der Waals surface area contributed by atoms with Crippen molar-refractivity contribution in [2.45, 2.75) is 13.8 Å². The topological polar surface area (TPSA) is 52.2 Å². The second kappa shape index (κ2) is 5.56. The highest BCUT2D eigenvalue weighted by Gasteiger charge is 2.18. The van der Waals surface area contributed by atoms with E-state index in [-0.39, 0.29) is 5.75 Å². The Morgan fingerprint density at radius 3 is 2.71 bits per heavy atom. The summed E-state index contributed by atoms with van der Waals surface area (Å²) in [4.78, 5) is 10.0. The maximum absolute atomic E-state index is 10.4. The van der Waals surface area contributed by atoms with Crippen molar-refractivity contribution in [3.63, 3.8) is 0 Å². The van der Waals surface area contributed by atoms with E-state index < -0.39 is 0 Å². The molecule has 0 radical (unpaired) electrons. The van der Waals surface area contributed by atoms with Crippen LogP contribution in [-0.2, 0) is 0 Å². The summed E-state index contributed by atoms with van der Waals surface area (Å²) in [5.41, 5.74) is 3.60. The Kier molecular flexibility index (Phi) is 3.50. The van der Waals surface area contributed by atoms with Gasteiger partial charge >= 0.3 is 0 Å². The van der Waals surface area contributed by atoms with Crippen LogP contribution in [0.3, 0.4) is 0 Å². The first kappa shape index (κ1) is 15.1. The fraction of sp³-hybridized carbons (Fsp3) is 0.211. The van der Waals surface area contributed by atoms with E-state index in [1.165, 1.54) is 5.69 Å². The van der Waals surface area contributed by atoms with E-state index in [1.807, 2.05) is 12.1 Å². The lowest BCUT2D eigenvalue weighted by molar-refractivity contribution is 0.481. The van der Waals surface area contributed by atoms with Crippen molar-refractivity contribution in [1.82, 2.24) is 9.97 Å². The fourth-order valence-corrected chi connectivity index (χ4v) is 3.70. The summed E-state index contributed by atoms with van der Waals surface area (Å²) < 4.78 is 0. The lowest BCUT2D eigenvalue weighted by atomic mass is 10.1. The molecule has 4 rings (SSSR count). The Balaban J connectivity index is 2.11. The van der Waals surface area contributed by atoms with Crippen molar-refractivity contribution in [3.05, 3.63) is 41.6 Å². The van der Waals surface area contributed by atoms with E-state index >= 15 is 0 Å². The molecule has 0 spiro atoms. The Morgan fingerprint density at radius 1 is 1.17 bits per heavy atom. The van der Waals surface area contributed by atoms with Gasteiger partial charge in [0.2, 0.25) is 0 Å². The molecule has 2 aromatic carbocycles. The Bertz CT molecular complexity index is 1070. The molecule has 2 N–H and O–H groups in total. The van der Waals surface area contributed by atoms with Crippen LogP contribution in [0.15, 0.2) is 36.5 Å². The number of nitrogens with zero attached hydrogens (tertiary/aromatic N) is 2. The van der Waals surface area contributed by atoms with E-state index in [0.717, 1.165) is 40.3 Å². The molecule has 0 amide bonds. The van der Waals surface area contributed by atoms with Gasteiger partial charge in [0.15, 0.2) is 5.75 Å². The molecule has 0 atom stereocenters. The number of nitrogens with one attached hydrogen (secondary N) is 1. The van der Waals surface area contributed by atoms with Crippen LogP contribution in [0, 0.1) is 0 Å². The zero-order valence-electron chi connectivity index (χ0n) is 13.6. The minimum atomic E-state index is 0.0356. The van der Waals surface area contributed by atoms with Crippen LogP contribution in [0.25, 0.3) is 32.7 Å². The molecule has 0 aliphatic heterocycles. The number of phenolic OH excluding ortho intramolecular Hbond substituents is 1. The van der Waals surface area contributed by atoms with Crippen LogP contribution in [0.4, 0.5) is 5.69 Å². The average molecular weight is 340 g/mol. The van der Waals surface area contributed by atoms with Crippen molar-refractivity contribution >= 4 is 50.0 Å². The molecule has 0 fully saturated rings. The number of H-pyrrole nitrogens is 1. The number of benzene rings is 2. The number of fused-ring (bicyclic) bond motifs is 5. The van der Waals surface area contributed by atoms with Crippen LogP contribution >= 0.6 is 11.6 Å². The van der Waals surface area contributed by atoms with E-state index in [2.05, 4.69) is 46.9 Å². The van der Waals surface area contributed by atoms with Gasteiger partial charge in [-0.05, 0) is 38.1 Å². The number of aromatic amines is 1. The minimum Gasteiger partial charge on any atom is -0.504 e. The number of phenols is 1. The second-order valence-corrected chi connectivity index (χ2v) is 6.22. The number of anilines is 1. The molecule has 0 saturated heterocycles. The van der Waals surface area contributed by atoms with Gasteiger partial charge in [-0.1, -0.05) is 17.7 Å². The first-order valence-corrected chi connectivity index (χ1v) is 8.49. The summed E-state index contributed by atoms with van der Waals surface area (Å²) in [5.74, 6) is 0.0356. The number of pyridine rings is 1. The highest BCUT2D eigenvalue weighted by molar-refractivity contribution is 6.42. The standard InChI is InChI=1S/C19H18ClN3O/c1-3-23(4-2)11-7-8-12-14(10-11)22-17-13-6-5-9-21-18(13)19(24)16(20)15(12)17/h5-10,22,24H,3-4H2,1-2H3. The Morgan fingerprint density at radius 2 is 1.96 bits per heavy atom. The third-order valence-corrected chi connectivity index (χ3v) is 5.01. The van der Waals surface area contributed by atoms with E-state index in [0.29, 0.717) is 10.5 Å². The van der Waals surface area contributed by atoms with Crippen molar-refractivity contribution in [3.8, 4) is 5.75 Å². The molecule has 2 aromatic heterocycles. The largest absolute Gasteiger partial charge is 0.504 e. The maximum Gasteiger partial charge on any atom is 0.161 e. The normalized spacial score (nSPS) is 11.6. The highest BCUT2D eigenvalue weighted by Crippen LogP contribution is 2.43. The monoisotopic (exact) mass is 339 g/mol. The molecule has 5 heteroatoms. The van der Waals surface area contributed by atoms with Gasteiger partial charge in [0, 0.05) is 46.6 Å². The smallest absolute Gasteiger partial charge is 0.161 e. The molecule has 0 unspecified atom stereocenters. The molecule has 2 heterocycles. The first-order chi connectivity index (χ1) is 11.7. The molecule has 0 bridgehead atoms. The molecule has 4 aromatic rings. The molecule has 0 saturated carbocycles. The molecular weight excluding hydrogens is 322 g/mol. The molecule has 122 valence electrons. The quantitative estimate of drug-likeness (QED) is 0.547. The third-order valence-electron chi connectivity index (χ3n) is 4.64. The number of hydrogen-bond donors (Lipinski definition) is 2. The fourth-order valence-electron chi connectivity index (χ4n) is 3.42. The van der Waals surface area contributed by atoms with Gasteiger partial charge < -0.3 is 15.0 Å². The molecular formula is C19H18ClN3O. The van der Waals surface area contributed by atoms with Crippen molar-refractivity contribution in [2.75, 3.05) is 18.0 Å². The number of rotatable bonds is 3. The number of aromatic nitrogens is 2. The zero-order chi connectivity index (χ0) is 16.8.